The third kappa shape index (κ3) is 2.58. The average molecular weight is 357 g/mol. The summed E-state index contributed by atoms with van der Waals surface area (Å²) < 4.78 is 44.3. The second-order valence-corrected chi connectivity index (χ2v) is 5.73. The van der Waals surface area contributed by atoms with Gasteiger partial charge in [0.15, 0.2) is 5.75 Å². The van der Waals surface area contributed by atoms with Crippen LogP contribution in [0.5, 0.6) is 5.75 Å². The topological polar surface area (TPSA) is 42.4 Å². The fraction of sp³-hybridized carbons (Fsp3) is 0.250. The molecule has 1 atom stereocenters. The Hall–Kier alpha value is -2.28. The van der Waals surface area contributed by atoms with E-state index in [1.54, 1.807) is 6.92 Å². The molecule has 3 rings (SSSR count). The van der Waals surface area contributed by atoms with E-state index >= 15 is 0 Å². The number of amides is 1. The molecule has 0 spiro atoms. The van der Waals surface area contributed by atoms with Gasteiger partial charge in [0, 0.05) is 6.07 Å². The van der Waals surface area contributed by atoms with Crippen molar-refractivity contribution in [2.24, 2.45) is 0 Å². The third-order valence-electron chi connectivity index (χ3n) is 3.93. The first-order chi connectivity index (χ1) is 11.2. The lowest BCUT2D eigenvalue weighted by Crippen LogP contribution is -2.23. The minimum absolute atomic E-state index is 0.103. The van der Waals surface area contributed by atoms with E-state index in [1.807, 2.05) is 0 Å². The zero-order valence-electron chi connectivity index (χ0n) is 12.7. The fourth-order valence-corrected chi connectivity index (χ4v) is 2.87. The fourth-order valence-electron chi connectivity index (χ4n) is 2.71. The van der Waals surface area contributed by atoms with Gasteiger partial charge < -0.3 is 4.74 Å². The zero-order valence-corrected chi connectivity index (χ0v) is 13.4. The molecule has 2 heterocycles. The summed E-state index contributed by atoms with van der Waals surface area (Å²) in [5.74, 6) is -0.686. The molecule has 4 nitrogen and oxygen atoms in total. The molecule has 0 saturated heterocycles. The first-order valence-corrected chi connectivity index (χ1v) is 7.36. The number of rotatable bonds is 2. The lowest BCUT2D eigenvalue weighted by molar-refractivity contribution is -0.137. The molecule has 1 aliphatic rings. The van der Waals surface area contributed by atoms with Gasteiger partial charge in [-0.15, -0.1) is 0 Å². The smallest absolute Gasteiger partial charge is 0.416 e. The van der Waals surface area contributed by atoms with Crippen LogP contribution >= 0.6 is 11.6 Å². The first kappa shape index (κ1) is 16.6. The Morgan fingerprint density at radius 2 is 1.96 bits per heavy atom. The number of anilines is 2. The predicted octanol–water partition coefficient (Wildman–Crippen LogP) is 4.54. The van der Waals surface area contributed by atoms with Gasteiger partial charge >= 0.3 is 6.18 Å². The number of nitrogens with zero attached hydrogens (tertiary/aromatic N) is 2. The Bertz CT molecular complexity index is 823. The van der Waals surface area contributed by atoms with E-state index < -0.39 is 17.7 Å². The molecule has 2 aromatic rings. The van der Waals surface area contributed by atoms with Gasteiger partial charge in [-0.25, -0.2) is 4.98 Å². The maximum Gasteiger partial charge on any atom is 0.416 e. The quantitative estimate of drug-likeness (QED) is 0.742. The average Bonchev–Trinajstić information content (AvgIpc) is 2.77. The van der Waals surface area contributed by atoms with Crippen LogP contribution in [0.2, 0.25) is 5.15 Å². The van der Waals surface area contributed by atoms with Gasteiger partial charge in [-0.1, -0.05) is 17.7 Å². The number of aromatic nitrogens is 1. The summed E-state index contributed by atoms with van der Waals surface area (Å²) in [6.07, 6.45) is -3.18. The molecular weight excluding hydrogens is 345 g/mol. The van der Waals surface area contributed by atoms with Gasteiger partial charge in [0.1, 0.15) is 5.15 Å². The number of pyridine rings is 1. The van der Waals surface area contributed by atoms with Crippen LogP contribution in [0.1, 0.15) is 24.0 Å². The molecule has 0 saturated carbocycles. The van der Waals surface area contributed by atoms with Crippen LogP contribution in [-0.4, -0.2) is 18.0 Å². The van der Waals surface area contributed by atoms with Crippen molar-refractivity contribution in [3.63, 3.8) is 0 Å². The number of ether oxygens (including phenoxy) is 1. The molecule has 0 fully saturated rings. The van der Waals surface area contributed by atoms with Crippen LogP contribution < -0.4 is 9.64 Å². The number of fused-ring (bicyclic) bond motifs is 1. The SMILES string of the molecule is COc1cnc(Cl)cc1N1C(=O)C(C)c2ccc(C(F)(F)F)cc21. The Labute approximate surface area is 140 Å². The van der Waals surface area contributed by atoms with Crippen molar-refractivity contribution < 1.29 is 22.7 Å². The Morgan fingerprint density at radius 1 is 1.25 bits per heavy atom. The number of hydrogen-bond acceptors (Lipinski definition) is 3. The molecule has 24 heavy (non-hydrogen) atoms. The van der Waals surface area contributed by atoms with E-state index in [2.05, 4.69) is 4.98 Å². The third-order valence-corrected chi connectivity index (χ3v) is 4.14. The highest BCUT2D eigenvalue weighted by Gasteiger charge is 2.39. The highest BCUT2D eigenvalue weighted by Crippen LogP contribution is 2.47. The van der Waals surface area contributed by atoms with Crippen LogP contribution in [-0.2, 0) is 11.0 Å². The highest BCUT2D eigenvalue weighted by atomic mass is 35.5. The molecule has 1 aromatic heterocycles. The van der Waals surface area contributed by atoms with Gasteiger partial charge in [-0.3, -0.25) is 9.69 Å². The van der Waals surface area contributed by atoms with Gasteiger partial charge in [0.05, 0.1) is 36.2 Å². The number of halogens is 4. The van der Waals surface area contributed by atoms with Crippen molar-refractivity contribution in [1.29, 1.82) is 0 Å². The summed E-state index contributed by atoms with van der Waals surface area (Å²) >= 11 is 5.88. The molecule has 0 bridgehead atoms. The molecule has 126 valence electrons. The van der Waals surface area contributed by atoms with Crippen LogP contribution in [0.15, 0.2) is 30.5 Å². The summed E-state index contributed by atoms with van der Waals surface area (Å²) in [7, 11) is 1.38. The van der Waals surface area contributed by atoms with E-state index in [0.29, 0.717) is 5.56 Å². The number of methoxy groups -OCH3 is 1. The first-order valence-electron chi connectivity index (χ1n) is 6.98. The minimum Gasteiger partial charge on any atom is -0.493 e. The maximum absolute atomic E-state index is 13.0. The van der Waals surface area contributed by atoms with Gasteiger partial charge in [-0.05, 0) is 24.6 Å². The molecule has 1 unspecified atom stereocenters. The lowest BCUT2D eigenvalue weighted by atomic mass is 10.0. The normalized spacial score (nSPS) is 17.2. The summed E-state index contributed by atoms with van der Waals surface area (Å²) in [5.41, 5.74) is 0.116. The van der Waals surface area contributed by atoms with Crippen LogP contribution in [0.25, 0.3) is 0 Å². The van der Waals surface area contributed by atoms with Gasteiger partial charge in [0.25, 0.3) is 0 Å². The van der Waals surface area contributed by atoms with Crippen LogP contribution in [0, 0.1) is 0 Å². The number of hydrogen-bond donors (Lipinski definition) is 0. The highest BCUT2D eigenvalue weighted by molar-refractivity contribution is 6.30. The van der Waals surface area contributed by atoms with Gasteiger partial charge in [-0.2, -0.15) is 13.2 Å². The molecule has 8 heteroatoms. The Kier molecular flexibility index (Phi) is 3.91. The summed E-state index contributed by atoms with van der Waals surface area (Å²) in [5, 5.41) is 0.103. The molecule has 1 aromatic carbocycles. The van der Waals surface area contributed by atoms with Crippen molar-refractivity contribution in [3.05, 3.63) is 46.7 Å². The molecule has 1 amide bonds. The monoisotopic (exact) mass is 356 g/mol. The largest absolute Gasteiger partial charge is 0.493 e. The second-order valence-electron chi connectivity index (χ2n) is 5.35. The molecule has 1 aliphatic heterocycles. The summed E-state index contributed by atoms with van der Waals surface area (Å²) in [4.78, 5) is 17.7. The van der Waals surface area contributed by atoms with Crippen molar-refractivity contribution in [2.75, 3.05) is 12.0 Å². The lowest BCUT2D eigenvalue weighted by Gasteiger charge is -2.21. The molecule has 0 aliphatic carbocycles. The maximum atomic E-state index is 13.0. The van der Waals surface area contributed by atoms with E-state index in [4.69, 9.17) is 16.3 Å². The van der Waals surface area contributed by atoms with Crippen molar-refractivity contribution >= 4 is 28.9 Å². The summed E-state index contributed by atoms with van der Waals surface area (Å²) in [6, 6.07) is 4.66. The molecular formula is C16H12ClF3N2O2. The number of carbonyl (C=O) groups is 1. The summed E-state index contributed by atoms with van der Waals surface area (Å²) in [6.45, 7) is 1.64. The van der Waals surface area contributed by atoms with Crippen molar-refractivity contribution in [1.82, 2.24) is 4.98 Å². The van der Waals surface area contributed by atoms with E-state index in [1.165, 1.54) is 30.3 Å². The predicted molar refractivity (Wildman–Crippen MR) is 82.8 cm³/mol. The molecule has 0 radical (unpaired) electrons. The van der Waals surface area contributed by atoms with Crippen LogP contribution in [0.4, 0.5) is 24.5 Å². The van der Waals surface area contributed by atoms with Crippen LogP contribution in [0.3, 0.4) is 0 Å². The Balaban J connectivity index is 2.22. The van der Waals surface area contributed by atoms with E-state index in [0.717, 1.165) is 12.1 Å². The van der Waals surface area contributed by atoms with Gasteiger partial charge in [0.2, 0.25) is 5.91 Å². The Morgan fingerprint density at radius 3 is 2.58 bits per heavy atom. The van der Waals surface area contributed by atoms with E-state index in [9.17, 15) is 18.0 Å². The standard InChI is InChI=1S/C16H12ClF3N2O2/c1-8-10-4-3-9(16(18,19)20)5-11(10)22(15(8)23)12-6-14(17)21-7-13(12)24-2/h3-8H,1-2H3. The number of carbonyl (C=O) groups excluding carboxylic acids is 1. The number of benzene rings is 1. The zero-order chi connectivity index (χ0) is 17.6. The van der Waals surface area contributed by atoms with Crippen molar-refractivity contribution in [3.8, 4) is 5.75 Å². The van der Waals surface area contributed by atoms with E-state index in [-0.39, 0.29) is 28.2 Å². The minimum atomic E-state index is -4.50. The number of alkyl halides is 3. The second kappa shape index (κ2) is 5.66. The molecule has 0 N–H and O–H groups in total. The van der Waals surface area contributed by atoms with Crippen molar-refractivity contribution in [2.45, 2.75) is 19.0 Å².